The Morgan fingerprint density at radius 1 is 1.13 bits per heavy atom. The summed E-state index contributed by atoms with van der Waals surface area (Å²) in [5, 5.41) is 6.51. The number of nitrogens with one attached hydrogen (secondary N) is 2. The molecule has 1 aromatic carbocycles. The van der Waals surface area contributed by atoms with Crippen LogP contribution in [0.5, 0.6) is 11.5 Å². The lowest BCUT2D eigenvalue weighted by atomic mass is 9.95. The Hall–Kier alpha value is -1.79. The number of carbonyl (C=O) groups excluding carboxylic acids is 1. The molecule has 4 rings (SSSR count). The molecule has 2 saturated heterocycles. The van der Waals surface area contributed by atoms with Gasteiger partial charge in [-0.05, 0) is 24.1 Å². The van der Waals surface area contributed by atoms with E-state index in [1.165, 1.54) is 0 Å². The van der Waals surface area contributed by atoms with Gasteiger partial charge in [-0.1, -0.05) is 6.07 Å². The summed E-state index contributed by atoms with van der Waals surface area (Å²) in [6, 6.07) is 6.11. The van der Waals surface area contributed by atoms with E-state index < -0.39 is 0 Å². The van der Waals surface area contributed by atoms with Crippen LogP contribution < -0.4 is 20.1 Å². The molecule has 1 amide bonds. The molecule has 23 heavy (non-hydrogen) atoms. The Morgan fingerprint density at radius 2 is 1.91 bits per heavy atom. The largest absolute Gasteiger partial charge is 0.486 e. The molecule has 3 aliphatic rings. The fourth-order valence-electron chi connectivity index (χ4n) is 3.64. The summed E-state index contributed by atoms with van der Waals surface area (Å²) >= 11 is 0. The summed E-state index contributed by atoms with van der Waals surface area (Å²) in [6.45, 7) is 6.27. The van der Waals surface area contributed by atoms with Crippen LogP contribution in [-0.2, 0) is 4.79 Å². The highest BCUT2D eigenvalue weighted by Gasteiger charge is 2.34. The van der Waals surface area contributed by atoms with Crippen LogP contribution in [0.2, 0.25) is 0 Å². The van der Waals surface area contributed by atoms with E-state index in [4.69, 9.17) is 9.47 Å². The average molecular weight is 317 g/mol. The maximum atomic E-state index is 12.4. The third-order valence-electron chi connectivity index (χ3n) is 4.84. The zero-order valence-electron chi connectivity index (χ0n) is 13.2. The van der Waals surface area contributed by atoms with E-state index in [0.717, 1.165) is 56.2 Å². The van der Waals surface area contributed by atoms with Crippen molar-refractivity contribution < 1.29 is 14.3 Å². The van der Waals surface area contributed by atoms with Gasteiger partial charge >= 0.3 is 0 Å². The molecule has 2 atom stereocenters. The fourth-order valence-corrected chi connectivity index (χ4v) is 3.64. The van der Waals surface area contributed by atoms with Crippen LogP contribution in [0.25, 0.3) is 0 Å². The second kappa shape index (κ2) is 6.37. The van der Waals surface area contributed by atoms with Crippen LogP contribution in [-0.4, -0.2) is 62.8 Å². The quantitative estimate of drug-likeness (QED) is 0.841. The molecule has 2 N–H and O–H groups in total. The van der Waals surface area contributed by atoms with Gasteiger partial charge < -0.3 is 20.1 Å². The average Bonchev–Trinajstić information content (AvgIpc) is 2.95. The molecular weight excluding hydrogens is 294 g/mol. The lowest BCUT2D eigenvalue weighted by Crippen LogP contribution is -2.48. The van der Waals surface area contributed by atoms with Gasteiger partial charge in [0.25, 0.3) is 0 Å². The van der Waals surface area contributed by atoms with Crippen molar-refractivity contribution in [2.45, 2.75) is 18.4 Å². The van der Waals surface area contributed by atoms with Gasteiger partial charge in [0.1, 0.15) is 13.2 Å². The maximum Gasteiger partial charge on any atom is 0.227 e. The molecule has 6 nitrogen and oxygen atoms in total. The van der Waals surface area contributed by atoms with Crippen molar-refractivity contribution >= 4 is 5.91 Å². The highest BCUT2D eigenvalue weighted by atomic mass is 16.6. The van der Waals surface area contributed by atoms with Gasteiger partial charge in [0, 0.05) is 38.8 Å². The fraction of sp³-hybridized carbons (Fsp3) is 0.588. The summed E-state index contributed by atoms with van der Waals surface area (Å²) < 4.78 is 11.2. The number of carbonyl (C=O) groups is 1. The lowest BCUT2D eigenvalue weighted by Gasteiger charge is -2.29. The number of fused-ring (bicyclic) bond motifs is 1. The number of hydrogen-bond donors (Lipinski definition) is 2. The zero-order valence-corrected chi connectivity index (χ0v) is 13.2. The Labute approximate surface area is 136 Å². The molecule has 6 heteroatoms. The highest BCUT2D eigenvalue weighted by Crippen LogP contribution is 2.36. The summed E-state index contributed by atoms with van der Waals surface area (Å²) in [4.78, 5) is 14.8. The summed E-state index contributed by atoms with van der Waals surface area (Å²) in [6.07, 6.45) is 0.850. The van der Waals surface area contributed by atoms with Crippen LogP contribution in [0.15, 0.2) is 18.2 Å². The van der Waals surface area contributed by atoms with E-state index >= 15 is 0 Å². The van der Waals surface area contributed by atoms with Crippen LogP contribution in [0.4, 0.5) is 0 Å². The number of nitrogens with zero attached hydrogens (tertiary/aromatic N) is 1. The van der Waals surface area contributed by atoms with Crippen molar-refractivity contribution in [3.05, 3.63) is 23.8 Å². The number of hydrogen-bond acceptors (Lipinski definition) is 5. The Morgan fingerprint density at radius 3 is 2.74 bits per heavy atom. The van der Waals surface area contributed by atoms with Crippen LogP contribution in [0, 0.1) is 0 Å². The number of benzene rings is 1. The smallest absolute Gasteiger partial charge is 0.227 e. The van der Waals surface area contributed by atoms with Gasteiger partial charge in [-0.25, -0.2) is 0 Å². The second-order valence-corrected chi connectivity index (χ2v) is 6.45. The van der Waals surface area contributed by atoms with Gasteiger partial charge in [-0.3, -0.25) is 9.69 Å². The first-order valence-electron chi connectivity index (χ1n) is 8.42. The summed E-state index contributed by atoms with van der Waals surface area (Å²) in [5.74, 6) is 1.57. The zero-order chi connectivity index (χ0) is 15.6. The molecular formula is C17H23N3O3. The molecule has 3 aliphatic heterocycles. The molecule has 1 aromatic rings. The number of piperazine rings is 1. The molecule has 0 aliphatic carbocycles. The summed E-state index contributed by atoms with van der Waals surface area (Å²) in [7, 11) is 0. The van der Waals surface area contributed by atoms with Gasteiger partial charge in [-0.15, -0.1) is 0 Å². The Kier molecular flexibility index (Phi) is 4.10. The molecule has 0 radical (unpaired) electrons. The monoisotopic (exact) mass is 317 g/mol. The predicted molar refractivity (Wildman–Crippen MR) is 86.0 cm³/mol. The van der Waals surface area contributed by atoms with Crippen molar-refractivity contribution in [2.24, 2.45) is 0 Å². The van der Waals surface area contributed by atoms with Crippen LogP contribution in [0.1, 0.15) is 17.9 Å². The number of rotatable bonds is 3. The molecule has 0 saturated carbocycles. The second-order valence-electron chi connectivity index (χ2n) is 6.45. The molecule has 124 valence electrons. The van der Waals surface area contributed by atoms with Crippen LogP contribution in [0.3, 0.4) is 0 Å². The SMILES string of the molecule is O=C1NC(CN2CCNCC2)C[C@@H]1c1ccc2c(c1)OCCO2. The Bertz CT molecular complexity index is 586. The number of ether oxygens (including phenoxy) is 2. The van der Waals surface area contributed by atoms with E-state index in [-0.39, 0.29) is 17.9 Å². The molecule has 0 spiro atoms. The minimum absolute atomic E-state index is 0.0845. The van der Waals surface area contributed by atoms with Gasteiger partial charge in [0.2, 0.25) is 5.91 Å². The van der Waals surface area contributed by atoms with E-state index in [0.29, 0.717) is 13.2 Å². The third kappa shape index (κ3) is 3.14. The third-order valence-corrected chi connectivity index (χ3v) is 4.84. The van der Waals surface area contributed by atoms with Crippen LogP contribution >= 0.6 is 0 Å². The molecule has 0 bridgehead atoms. The van der Waals surface area contributed by atoms with Crippen molar-refractivity contribution in [3.63, 3.8) is 0 Å². The van der Waals surface area contributed by atoms with E-state index in [9.17, 15) is 4.79 Å². The van der Waals surface area contributed by atoms with E-state index in [2.05, 4.69) is 15.5 Å². The van der Waals surface area contributed by atoms with Gasteiger partial charge in [-0.2, -0.15) is 0 Å². The minimum Gasteiger partial charge on any atom is -0.486 e. The summed E-state index contributed by atoms with van der Waals surface area (Å²) in [5.41, 5.74) is 1.02. The minimum atomic E-state index is -0.0845. The van der Waals surface area contributed by atoms with Crippen molar-refractivity contribution in [3.8, 4) is 11.5 Å². The van der Waals surface area contributed by atoms with Crippen molar-refractivity contribution in [2.75, 3.05) is 45.9 Å². The first kappa shape index (κ1) is 14.8. The topological polar surface area (TPSA) is 62.8 Å². The first-order chi connectivity index (χ1) is 11.3. The Balaban J connectivity index is 1.44. The normalized spacial score (nSPS) is 27.7. The molecule has 0 aromatic heterocycles. The van der Waals surface area contributed by atoms with Gasteiger partial charge in [0.05, 0.1) is 5.92 Å². The molecule has 3 heterocycles. The molecule has 2 fully saturated rings. The first-order valence-corrected chi connectivity index (χ1v) is 8.42. The van der Waals surface area contributed by atoms with Gasteiger partial charge in [0.15, 0.2) is 11.5 Å². The standard InChI is InChI=1S/C17H23N3O3/c21-17-14(10-13(19-17)11-20-5-3-18-4-6-20)12-1-2-15-16(9-12)23-8-7-22-15/h1-2,9,13-14,18H,3-8,10-11H2,(H,19,21)/t13?,14-/m1/s1. The predicted octanol–water partition coefficient (Wildman–Crippen LogP) is 0.335. The maximum absolute atomic E-state index is 12.4. The number of amides is 1. The van der Waals surface area contributed by atoms with Crippen molar-refractivity contribution in [1.29, 1.82) is 0 Å². The lowest BCUT2D eigenvalue weighted by molar-refractivity contribution is -0.120. The molecule has 1 unspecified atom stereocenters. The highest BCUT2D eigenvalue weighted by molar-refractivity contribution is 5.86. The van der Waals surface area contributed by atoms with E-state index in [1.807, 2.05) is 18.2 Å². The van der Waals surface area contributed by atoms with Crippen molar-refractivity contribution in [1.82, 2.24) is 15.5 Å². The van der Waals surface area contributed by atoms with E-state index in [1.54, 1.807) is 0 Å².